The standard InChI is InChI=1S/C18H27N3O2/c1-3-15-6-5-7-16(4-2)18(15)19-9-8-17(23)21-12-10-20(14-22)11-13-21/h5-7,14,19H,3-4,8-13H2,1-2H3. The van der Waals surface area contributed by atoms with E-state index in [9.17, 15) is 9.59 Å². The number of nitrogens with zero attached hydrogens (tertiary/aromatic N) is 2. The first-order valence-electron chi connectivity index (χ1n) is 8.51. The molecule has 1 saturated heterocycles. The highest BCUT2D eigenvalue weighted by Gasteiger charge is 2.19. The summed E-state index contributed by atoms with van der Waals surface area (Å²) in [5.41, 5.74) is 3.80. The van der Waals surface area contributed by atoms with Gasteiger partial charge in [-0.1, -0.05) is 32.0 Å². The van der Waals surface area contributed by atoms with Crippen molar-refractivity contribution in [2.45, 2.75) is 33.1 Å². The molecule has 2 amide bonds. The SMILES string of the molecule is CCc1cccc(CC)c1NCCC(=O)N1CCN(C=O)CC1. The van der Waals surface area contributed by atoms with Crippen molar-refractivity contribution in [3.63, 3.8) is 0 Å². The number of hydrogen-bond donors (Lipinski definition) is 1. The van der Waals surface area contributed by atoms with E-state index in [0.717, 1.165) is 19.3 Å². The molecule has 5 nitrogen and oxygen atoms in total. The van der Waals surface area contributed by atoms with Gasteiger partial charge in [0.2, 0.25) is 12.3 Å². The highest BCUT2D eigenvalue weighted by molar-refractivity contribution is 5.77. The van der Waals surface area contributed by atoms with Crippen LogP contribution in [0, 0.1) is 0 Å². The molecule has 0 radical (unpaired) electrons. The van der Waals surface area contributed by atoms with Crippen LogP contribution < -0.4 is 5.32 Å². The van der Waals surface area contributed by atoms with E-state index in [2.05, 4.69) is 37.4 Å². The molecule has 0 aromatic heterocycles. The van der Waals surface area contributed by atoms with Crippen molar-refractivity contribution in [2.75, 3.05) is 38.0 Å². The Morgan fingerprint density at radius 1 is 1.13 bits per heavy atom. The molecule has 1 aliphatic heterocycles. The summed E-state index contributed by atoms with van der Waals surface area (Å²) in [6.07, 6.45) is 3.31. The van der Waals surface area contributed by atoms with Gasteiger partial charge in [-0.15, -0.1) is 0 Å². The van der Waals surface area contributed by atoms with Gasteiger partial charge < -0.3 is 15.1 Å². The lowest BCUT2D eigenvalue weighted by molar-refractivity contribution is -0.134. The summed E-state index contributed by atoms with van der Waals surface area (Å²) in [5.74, 6) is 0.162. The number of benzene rings is 1. The molecule has 1 aromatic rings. The van der Waals surface area contributed by atoms with Crippen LogP contribution in [-0.2, 0) is 22.4 Å². The molecule has 1 aliphatic rings. The summed E-state index contributed by atoms with van der Waals surface area (Å²) < 4.78 is 0. The number of rotatable bonds is 7. The van der Waals surface area contributed by atoms with Crippen LogP contribution in [0.25, 0.3) is 0 Å². The van der Waals surface area contributed by atoms with Gasteiger partial charge in [0.05, 0.1) is 0 Å². The third-order valence-corrected chi connectivity index (χ3v) is 4.46. The Balaban J connectivity index is 1.85. The summed E-state index contributed by atoms with van der Waals surface area (Å²) in [5, 5.41) is 3.46. The fraction of sp³-hybridized carbons (Fsp3) is 0.556. The second-order valence-electron chi connectivity index (χ2n) is 5.86. The summed E-state index contributed by atoms with van der Waals surface area (Å²) in [6, 6.07) is 6.38. The van der Waals surface area contributed by atoms with Crippen molar-refractivity contribution in [1.29, 1.82) is 0 Å². The van der Waals surface area contributed by atoms with Gasteiger partial charge in [0.1, 0.15) is 0 Å². The van der Waals surface area contributed by atoms with Crippen LogP contribution in [-0.4, -0.2) is 54.8 Å². The van der Waals surface area contributed by atoms with E-state index in [0.29, 0.717) is 39.1 Å². The van der Waals surface area contributed by atoms with E-state index in [4.69, 9.17) is 0 Å². The Hall–Kier alpha value is -2.04. The fourth-order valence-electron chi connectivity index (χ4n) is 3.00. The molecule has 1 fully saturated rings. The van der Waals surface area contributed by atoms with Crippen LogP contribution in [0.5, 0.6) is 0 Å². The van der Waals surface area contributed by atoms with Crippen molar-refractivity contribution < 1.29 is 9.59 Å². The molecule has 0 spiro atoms. The zero-order chi connectivity index (χ0) is 16.7. The predicted octanol–water partition coefficient (Wildman–Crippen LogP) is 1.91. The Morgan fingerprint density at radius 2 is 1.74 bits per heavy atom. The number of carbonyl (C=O) groups excluding carboxylic acids is 2. The zero-order valence-corrected chi connectivity index (χ0v) is 14.2. The summed E-state index contributed by atoms with van der Waals surface area (Å²) in [7, 11) is 0. The summed E-state index contributed by atoms with van der Waals surface area (Å²) in [6.45, 7) is 7.52. The minimum atomic E-state index is 0.162. The van der Waals surface area contributed by atoms with Crippen molar-refractivity contribution in [1.82, 2.24) is 9.80 Å². The van der Waals surface area contributed by atoms with Crippen molar-refractivity contribution in [3.8, 4) is 0 Å². The van der Waals surface area contributed by atoms with Crippen LogP contribution in [0.4, 0.5) is 5.69 Å². The largest absolute Gasteiger partial charge is 0.384 e. The number of hydrogen-bond acceptors (Lipinski definition) is 3. The van der Waals surface area contributed by atoms with Crippen molar-refractivity contribution >= 4 is 18.0 Å². The highest BCUT2D eigenvalue weighted by Crippen LogP contribution is 2.22. The molecule has 2 rings (SSSR count). The molecule has 23 heavy (non-hydrogen) atoms. The van der Waals surface area contributed by atoms with Gasteiger partial charge in [-0.25, -0.2) is 0 Å². The van der Waals surface area contributed by atoms with Crippen LogP contribution in [0.1, 0.15) is 31.4 Å². The molecular formula is C18H27N3O2. The number of piperazine rings is 1. The fourth-order valence-corrected chi connectivity index (χ4v) is 3.00. The molecule has 0 unspecified atom stereocenters. The maximum atomic E-state index is 12.3. The van der Waals surface area contributed by atoms with Gasteiger partial charge in [-0.2, -0.15) is 0 Å². The van der Waals surface area contributed by atoms with E-state index in [1.165, 1.54) is 16.8 Å². The Bertz CT molecular complexity index is 515. The Morgan fingerprint density at radius 3 is 2.26 bits per heavy atom. The monoisotopic (exact) mass is 317 g/mol. The van der Waals surface area contributed by atoms with E-state index < -0.39 is 0 Å². The van der Waals surface area contributed by atoms with Crippen LogP contribution in [0.2, 0.25) is 0 Å². The zero-order valence-electron chi connectivity index (χ0n) is 14.2. The van der Waals surface area contributed by atoms with Gasteiger partial charge in [0.15, 0.2) is 0 Å². The molecule has 1 heterocycles. The number of carbonyl (C=O) groups is 2. The summed E-state index contributed by atoms with van der Waals surface area (Å²) in [4.78, 5) is 26.5. The van der Waals surface area contributed by atoms with Gasteiger partial charge in [0, 0.05) is 44.8 Å². The predicted molar refractivity (Wildman–Crippen MR) is 92.5 cm³/mol. The quantitative estimate of drug-likeness (QED) is 0.782. The molecule has 1 aromatic carbocycles. The Labute approximate surface area is 138 Å². The number of amides is 2. The van der Waals surface area contributed by atoms with Crippen LogP contribution in [0.15, 0.2) is 18.2 Å². The second kappa shape index (κ2) is 8.56. The molecular weight excluding hydrogens is 290 g/mol. The van der Waals surface area contributed by atoms with Crippen LogP contribution >= 0.6 is 0 Å². The van der Waals surface area contributed by atoms with Crippen molar-refractivity contribution in [3.05, 3.63) is 29.3 Å². The maximum Gasteiger partial charge on any atom is 0.224 e. The molecule has 0 bridgehead atoms. The van der Waals surface area contributed by atoms with E-state index >= 15 is 0 Å². The lowest BCUT2D eigenvalue weighted by Crippen LogP contribution is -2.48. The summed E-state index contributed by atoms with van der Waals surface area (Å²) >= 11 is 0. The highest BCUT2D eigenvalue weighted by atomic mass is 16.2. The lowest BCUT2D eigenvalue weighted by Gasteiger charge is -2.32. The second-order valence-corrected chi connectivity index (χ2v) is 5.86. The molecule has 1 N–H and O–H groups in total. The number of anilines is 1. The minimum Gasteiger partial charge on any atom is -0.384 e. The van der Waals surface area contributed by atoms with Crippen LogP contribution in [0.3, 0.4) is 0 Å². The van der Waals surface area contributed by atoms with Gasteiger partial charge >= 0.3 is 0 Å². The average molecular weight is 317 g/mol. The Kier molecular flexibility index (Phi) is 6.44. The number of aryl methyl sites for hydroxylation is 2. The molecule has 126 valence electrons. The number of para-hydroxylation sites is 1. The lowest BCUT2D eigenvalue weighted by atomic mass is 10.0. The van der Waals surface area contributed by atoms with Crippen molar-refractivity contribution in [2.24, 2.45) is 0 Å². The third-order valence-electron chi connectivity index (χ3n) is 4.46. The van der Waals surface area contributed by atoms with Gasteiger partial charge in [-0.05, 0) is 24.0 Å². The van der Waals surface area contributed by atoms with Gasteiger partial charge in [0.25, 0.3) is 0 Å². The van der Waals surface area contributed by atoms with E-state index in [1.807, 2.05) is 4.90 Å². The molecule has 0 atom stereocenters. The number of nitrogens with one attached hydrogen (secondary N) is 1. The molecule has 0 aliphatic carbocycles. The first-order valence-corrected chi connectivity index (χ1v) is 8.51. The smallest absolute Gasteiger partial charge is 0.224 e. The topological polar surface area (TPSA) is 52.7 Å². The van der Waals surface area contributed by atoms with E-state index in [-0.39, 0.29) is 5.91 Å². The first-order chi connectivity index (χ1) is 11.2. The van der Waals surface area contributed by atoms with Gasteiger partial charge in [-0.3, -0.25) is 9.59 Å². The molecule has 5 heteroatoms. The minimum absolute atomic E-state index is 0.162. The first kappa shape index (κ1) is 17.3. The third kappa shape index (κ3) is 4.47. The average Bonchev–Trinajstić information content (AvgIpc) is 2.61. The van der Waals surface area contributed by atoms with E-state index in [1.54, 1.807) is 4.90 Å². The molecule has 0 saturated carbocycles. The maximum absolute atomic E-state index is 12.3. The normalized spacial score (nSPS) is 14.7.